The summed E-state index contributed by atoms with van der Waals surface area (Å²) in [7, 11) is 0. The summed E-state index contributed by atoms with van der Waals surface area (Å²) < 4.78 is 0. The van der Waals surface area contributed by atoms with E-state index in [1.54, 1.807) is 6.20 Å². The summed E-state index contributed by atoms with van der Waals surface area (Å²) in [5.41, 5.74) is 0.477. The molecule has 0 atom stereocenters. The number of pyridine rings is 1. The minimum Gasteiger partial charge on any atom is -0.396 e. The molecule has 0 spiro atoms. The Morgan fingerprint density at radius 2 is 2.10 bits per heavy atom. The first kappa shape index (κ1) is 15.8. The first-order valence-corrected chi connectivity index (χ1v) is 7.62. The lowest BCUT2D eigenvalue weighted by atomic mass is 9.90. The molecule has 1 aliphatic heterocycles. The minimum atomic E-state index is -0.110. The molecule has 0 aliphatic carbocycles. The zero-order valence-electron chi connectivity index (χ0n) is 12.9. The predicted molar refractivity (Wildman–Crippen MR) is 83.5 cm³/mol. The molecule has 0 aromatic carbocycles. The number of nitrogens with zero attached hydrogens (tertiary/aromatic N) is 2. The third-order valence-electron chi connectivity index (χ3n) is 3.96. The first-order chi connectivity index (χ1) is 10.0. The second-order valence-corrected chi connectivity index (χ2v) is 6.42. The Morgan fingerprint density at radius 3 is 2.67 bits per heavy atom. The maximum absolute atomic E-state index is 12.1. The van der Waals surface area contributed by atoms with Crippen LogP contribution in [0, 0.1) is 5.41 Å². The minimum absolute atomic E-state index is 0.104. The van der Waals surface area contributed by atoms with Crippen molar-refractivity contribution in [1.29, 1.82) is 0 Å². The molecule has 1 aromatic rings. The molecule has 0 radical (unpaired) electrons. The van der Waals surface area contributed by atoms with Crippen LogP contribution >= 0.6 is 0 Å². The molecule has 0 unspecified atom stereocenters. The molecule has 1 aromatic heterocycles. The van der Waals surface area contributed by atoms with Crippen molar-refractivity contribution in [3.63, 3.8) is 0 Å². The molecule has 0 bridgehead atoms. The van der Waals surface area contributed by atoms with Gasteiger partial charge in [0.05, 0.1) is 5.56 Å². The Kier molecular flexibility index (Phi) is 5.17. The predicted octanol–water partition coefficient (Wildman–Crippen LogP) is 1.82. The highest BCUT2D eigenvalue weighted by Crippen LogP contribution is 2.19. The van der Waals surface area contributed by atoms with Gasteiger partial charge in [-0.1, -0.05) is 13.8 Å². The van der Waals surface area contributed by atoms with Crippen molar-refractivity contribution in [3.8, 4) is 0 Å². The van der Waals surface area contributed by atoms with E-state index in [1.807, 2.05) is 26.0 Å². The molecular formula is C16H25N3O2. The normalized spacial score (nSPS) is 15.3. The number of rotatable bonds is 6. The molecule has 2 heterocycles. The van der Waals surface area contributed by atoms with Crippen LogP contribution in [-0.4, -0.2) is 42.2 Å². The number of nitrogens with one attached hydrogen (secondary N) is 1. The first-order valence-electron chi connectivity index (χ1n) is 7.62. The average molecular weight is 291 g/mol. The van der Waals surface area contributed by atoms with Gasteiger partial charge in [0, 0.05) is 32.4 Å². The molecule has 2 rings (SSSR count). The quantitative estimate of drug-likeness (QED) is 0.839. The molecule has 1 aliphatic rings. The fourth-order valence-electron chi connectivity index (χ4n) is 2.47. The highest BCUT2D eigenvalue weighted by molar-refractivity contribution is 5.94. The van der Waals surface area contributed by atoms with E-state index in [4.69, 9.17) is 5.11 Å². The monoisotopic (exact) mass is 291 g/mol. The lowest BCUT2D eigenvalue weighted by Gasteiger charge is -2.23. The van der Waals surface area contributed by atoms with Gasteiger partial charge in [-0.05, 0) is 36.8 Å². The Balaban J connectivity index is 1.90. The van der Waals surface area contributed by atoms with Gasteiger partial charge in [0.2, 0.25) is 0 Å². The van der Waals surface area contributed by atoms with Crippen LogP contribution in [-0.2, 0) is 0 Å². The van der Waals surface area contributed by atoms with Crippen LogP contribution in [0.2, 0.25) is 0 Å². The van der Waals surface area contributed by atoms with Crippen LogP contribution in [0.25, 0.3) is 0 Å². The molecular weight excluding hydrogens is 266 g/mol. The van der Waals surface area contributed by atoms with Crippen LogP contribution < -0.4 is 10.2 Å². The van der Waals surface area contributed by atoms with Crippen LogP contribution in [0.4, 0.5) is 5.82 Å². The van der Waals surface area contributed by atoms with Gasteiger partial charge in [-0.3, -0.25) is 4.79 Å². The molecule has 5 nitrogen and oxygen atoms in total. The van der Waals surface area contributed by atoms with E-state index in [2.05, 4.69) is 15.2 Å². The molecule has 2 N–H and O–H groups in total. The van der Waals surface area contributed by atoms with Gasteiger partial charge in [0.25, 0.3) is 5.91 Å². The summed E-state index contributed by atoms with van der Waals surface area (Å²) in [5.74, 6) is 0.839. The lowest BCUT2D eigenvalue weighted by molar-refractivity contribution is 0.0928. The average Bonchev–Trinajstić information content (AvgIpc) is 2.99. The Hall–Kier alpha value is -1.62. The summed E-state index contributed by atoms with van der Waals surface area (Å²) in [6.45, 7) is 6.83. The number of aromatic nitrogens is 1. The fraction of sp³-hybridized carbons (Fsp3) is 0.625. The number of carbonyl (C=O) groups is 1. The number of amides is 1. The van der Waals surface area contributed by atoms with E-state index in [-0.39, 0.29) is 17.9 Å². The summed E-state index contributed by atoms with van der Waals surface area (Å²) in [6, 6.07) is 3.74. The van der Waals surface area contributed by atoms with Crippen molar-refractivity contribution >= 4 is 11.7 Å². The van der Waals surface area contributed by atoms with Gasteiger partial charge in [-0.15, -0.1) is 0 Å². The molecule has 1 amide bonds. The number of carbonyl (C=O) groups excluding carboxylic acids is 1. The largest absolute Gasteiger partial charge is 0.396 e. The Labute approximate surface area is 126 Å². The van der Waals surface area contributed by atoms with Crippen molar-refractivity contribution in [3.05, 3.63) is 23.9 Å². The van der Waals surface area contributed by atoms with E-state index in [9.17, 15) is 4.79 Å². The second kappa shape index (κ2) is 6.89. The van der Waals surface area contributed by atoms with E-state index >= 15 is 0 Å². The standard InChI is InChI=1S/C16H25N3O2/c1-16(2,7-10-20)12-18-15(21)13-5-6-14(17-11-13)19-8-3-4-9-19/h5-6,11,20H,3-4,7-10,12H2,1-2H3,(H,18,21). The molecule has 1 fully saturated rings. The number of hydrogen-bond acceptors (Lipinski definition) is 4. The Bertz CT molecular complexity index is 465. The van der Waals surface area contributed by atoms with Gasteiger partial charge in [0.15, 0.2) is 0 Å². The van der Waals surface area contributed by atoms with Gasteiger partial charge < -0.3 is 15.3 Å². The molecule has 1 saturated heterocycles. The molecule has 5 heteroatoms. The number of hydrogen-bond donors (Lipinski definition) is 2. The zero-order chi connectivity index (χ0) is 15.3. The maximum Gasteiger partial charge on any atom is 0.252 e. The van der Waals surface area contributed by atoms with Gasteiger partial charge >= 0.3 is 0 Å². The summed E-state index contributed by atoms with van der Waals surface area (Å²) >= 11 is 0. The zero-order valence-corrected chi connectivity index (χ0v) is 12.9. The number of aliphatic hydroxyl groups excluding tert-OH is 1. The SMILES string of the molecule is CC(C)(CCO)CNC(=O)c1ccc(N2CCCC2)nc1. The molecule has 116 valence electrons. The van der Waals surface area contributed by atoms with Gasteiger partial charge in [0.1, 0.15) is 5.82 Å². The smallest absolute Gasteiger partial charge is 0.252 e. The third kappa shape index (κ3) is 4.43. The van der Waals surface area contributed by atoms with E-state index in [0.717, 1.165) is 18.9 Å². The van der Waals surface area contributed by atoms with Crippen molar-refractivity contribution in [2.45, 2.75) is 33.1 Å². The maximum atomic E-state index is 12.1. The molecule has 0 saturated carbocycles. The van der Waals surface area contributed by atoms with Crippen LogP contribution in [0.3, 0.4) is 0 Å². The third-order valence-corrected chi connectivity index (χ3v) is 3.96. The van der Waals surface area contributed by atoms with E-state index < -0.39 is 0 Å². The van der Waals surface area contributed by atoms with E-state index in [1.165, 1.54) is 12.8 Å². The summed E-state index contributed by atoms with van der Waals surface area (Å²) in [5, 5.41) is 11.9. The van der Waals surface area contributed by atoms with Crippen molar-refractivity contribution in [2.24, 2.45) is 5.41 Å². The van der Waals surface area contributed by atoms with Crippen molar-refractivity contribution in [1.82, 2.24) is 10.3 Å². The summed E-state index contributed by atoms with van der Waals surface area (Å²) in [6.07, 6.45) is 4.73. The van der Waals surface area contributed by atoms with Crippen LogP contribution in [0.1, 0.15) is 43.5 Å². The topological polar surface area (TPSA) is 65.5 Å². The lowest BCUT2D eigenvalue weighted by Crippen LogP contribution is -2.34. The summed E-state index contributed by atoms with van der Waals surface area (Å²) in [4.78, 5) is 18.7. The second-order valence-electron chi connectivity index (χ2n) is 6.42. The van der Waals surface area contributed by atoms with Crippen LogP contribution in [0.5, 0.6) is 0 Å². The van der Waals surface area contributed by atoms with Gasteiger partial charge in [-0.2, -0.15) is 0 Å². The highest BCUT2D eigenvalue weighted by Gasteiger charge is 2.19. The van der Waals surface area contributed by atoms with E-state index in [0.29, 0.717) is 18.5 Å². The molecule has 21 heavy (non-hydrogen) atoms. The Morgan fingerprint density at radius 1 is 1.38 bits per heavy atom. The highest BCUT2D eigenvalue weighted by atomic mass is 16.3. The van der Waals surface area contributed by atoms with Crippen molar-refractivity contribution < 1.29 is 9.90 Å². The van der Waals surface area contributed by atoms with Crippen molar-refractivity contribution in [2.75, 3.05) is 31.1 Å². The number of aliphatic hydroxyl groups is 1. The fourth-order valence-corrected chi connectivity index (χ4v) is 2.47. The van der Waals surface area contributed by atoms with Gasteiger partial charge in [-0.25, -0.2) is 4.98 Å². The van der Waals surface area contributed by atoms with Crippen LogP contribution in [0.15, 0.2) is 18.3 Å². The number of anilines is 1.